The van der Waals surface area contributed by atoms with Crippen molar-refractivity contribution in [1.29, 1.82) is 0 Å². The molecule has 0 aliphatic rings. The van der Waals surface area contributed by atoms with Gasteiger partial charge in [-0.2, -0.15) is 16.4 Å². The Labute approximate surface area is 101 Å². The normalized spacial score (nSPS) is 10.8. The van der Waals surface area contributed by atoms with Crippen LogP contribution < -0.4 is 5.43 Å². The van der Waals surface area contributed by atoms with E-state index in [2.05, 4.69) is 17.5 Å². The van der Waals surface area contributed by atoms with Gasteiger partial charge >= 0.3 is 0 Å². The predicted octanol–water partition coefficient (Wildman–Crippen LogP) is 3.17. The van der Waals surface area contributed by atoms with Crippen molar-refractivity contribution in [2.75, 3.05) is 0 Å². The van der Waals surface area contributed by atoms with Crippen molar-refractivity contribution in [2.45, 2.75) is 39.0 Å². The number of rotatable bonds is 7. The molecule has 0 saturated carbocycles. The minimum atomic E-state index is 0.00239. The third-order valence-electron chi connectivity index (χ3n) is 2.20. The van der Waals surface area contributed by atoms with Crippen LogP contribution in [0.2, 0.25) is 0 Å². The van der Waals surface area contributed by atoms with Gasteiger partial charge < -0.3 is 0 Å². The van der Waals surface area contributed by atoms with Gasteiger partial charge in [0.25, 0.3) is 0 Å². The fourth-order valence-electron chi connectivity index (χ4n) is 1.30. The van der Waals surface area contributed by atoms with Crippen LogP contribution in [0.1, 0.15) is 44.6 Å². The Kier molecular flexibility index (Phi) is 6.49. The highest BCUT2D eigenvalue weighted by Gasteiger charge is 1.98. The maximum absolute atomic E-state index is 11.3. The first-order chi connectivity index (χ1) is 7.83. The Morgan fingerprint density at radius 1 is 1.50 bits per heavy atom. The maximum Gasteiger partial charge on any atom is 0.240 e. The van der Waals surface area contributed by atoms with Crippen LogP contribution in [0, 0.1) is 0 Å². The van der Waals surface area contributed by atoms with E-state index in [9.17, 15) is 4.79 Å². The summed E-state index contributed by atoms with van der Waals surface area (Å²) in [6, 6.07) is 1.96. The number of hydrogen-bond donors (Lipinski definition) is 1. The number of nitrogens with one attached hydrogen (secondary N) is 1. The Balaban J connectivity index is 2.10. The molecule has 0 radical (unpaired) electrons. The quantitative estimate of drug-likeness (QED) is 0.442. The molecule has 0 unspecified atom stereocenters. The molecule has 1 heterocycles. The standard InChI is InChI=1S/C12H18N2OS/c1-2-3-4-5-6-12(15)14-13-9-11-7-8-16-10-11/h7-10H,2-6H2,1H3,(H,14,15)/b13-9+. The molecule has 0 aromatic carbocycles. The topological polar surface area (TPSA) is 41.5 Å². The zero-order chi connectivity index (χ0) is 11.6. The highest BCUT2D eigenvalue weighted by molar-refractivity contribution is 7.08. The molecule has 1 rings (SSSR count). The van der Waals surface area contributed by atoms with Gasteiger partial charge in [-0.1, -0.05) is 26.2 Å². The monoisotopic (exact) mass is 238 g/mol. The first-order valence-electron chi connectivity index (χ1n) is 5.67. The zero-order valence-electron chi connectivity index (χ0n) is 9.61. The second-order valence-corrected chi connectivity index (χ2v) is 4.44. The minimum Gasteiger partial charge on any atom is -0.273 e. The molecule has 3 nitrogen and oxygen atoms in total. The fraction of sp³-hybridized carbons (Fsp3) is 0.500. The Bertz CT molecular complexity index is 320. The van der Waals surface area contributed by atoms with Crippen LogP contribution in [-0.4, -0.2) is 12.1 Å². The van der Waals surface area contributed by atoms with Gasteiger partial charge in [0.05, 0.1) is 6.21 Å². The molecule has 0 bridgehead atoms. The summed E-state index contributed by atoms with van der Waals surface area (Å²) in [6.45, 7) is 2.16. The van der Waals surface area contributed by atoms with E-state index in [-0.39, 0.29) is 5.91 Å². The summed E-state index contributed by atoms with van der Waals surface area (Å²) in [7, 11) is 0. The summed E-state index contributed by atoms with van der Waals surface area (Å²) in [6.07, 6.45) is 6.70. The molecule has 0 aliphatic carbocycles. The van der Waals surface area contributed by atoms with Gasteiger partial charge in [0.15, 0.2) is 0 Å². The molecule has 4 heteroatoms. The van der Waals surface area contributed by atoms with Gasteiger partial charge in [0.2, 0.25) is 5.91 Å². The molecule has 1 amide bonds. The van der Waals surface area contributed by atoms with Gasteiger partial charge in [-0.15, -0.1) is 0 Å². The lowest BCUT2D eigenvalue weighted by molar-refractivity contribution is -0.121. The average Bonchev–Trinajstić information content (AvgIpc) is 2.77. The van der Waals surface area contributed by atoms with Crippen molar-refractivity contribution >= 4 is 23.5 Å². The lowest BCUT2D eigenvalue weighted by atomic mass is 10.1. The molecule has 0 aliphatic heterocycles. The minimum absolute atomic E-state index is 0.00239. The van der Waals surface area contributed by atoms with E-state index >= 15 is 0 Å². The molecule has 1 aromatic heterocycles. The third-order valence-corrected chi connectivity index (χ3v) is 2.90. The van der Waals surface area contributed by atoms with Gasteiger partial charge in [-0.05, 0) is 23.2 Å². The van der Waals surface area contributed by atoms with Gasteiger partial charge in [-0.3, -0.25) is 4.79 Å². The summed E-state index contributed by atoms with van der Waals surface area (Å²) >= 11 is 1.61. The first kappa shape index (κ1) is 12.9. The first-order valence-corrected chi connectivity index (χ1v) is 6.61. The second kappa shape index (κ2) is 8.05. The summed E-state index contributed by atoms with van der Waals surface area (Å²) in [5.74, 6) is 0.00239. The van der Waals surface area contributed by atoms with Gasteiger partial charge in [-0.25, -0.2) is 5.43 Å². The number of thiophene rings is 1. The molecule has 0 spiro atoms. The highest BCUT2D eigenvalue weighted by Crippen LogP contribution is 2.03. The average molecular weight is 238 g/mol. The van der Waals surface area contributed by atoms with Crippen molar-refractivity contribution in [2.24, 2.45) is 5.10 Å². The fourth-order valence-corrected chi connectivity index (χ4v) is 1.91. The molecule has 0 atom stereocenters. The van der Waals surface area contributed by atoms with Crippen LogP contribution in [0.15, 0.2) is 21.9 Å². The second-order valence-electron chi connectivity index (χ2n) is 3.66. The Morgan fingerprint density at radius 2 is 2.38 bits per heavy atom. The van der Waals surface area contributed by atoms with E-state index in [1.165, 1.54) is 12.8 Å². The summed E-state index contributed by atoms with van der Waals surface area (Å²) < 4.78 is 0. The van der Waals surface area contributed by atoms with Crippen molar-refractivity contribution in [1.82, 2.24) is 5.43 Å². The third kappa shape index (κ3) is 5.66. The van der Waals surface area contributed by atoms with Crippen molar-refractivity contribution in [3.05, 3.63) is 22.4 Å². The van der Waals surface area contributed by atoms with Gasteiger partial charge in [0.1, 0.15) is 0 Å². The summed E-state index contributed by atoms with van der Waals surface area (Å²) in [4.78, 5) is 11.3. The zero-order valence-corrected chi connectivity index (χ0v) is 10.4. The summed E-state index contributed by atoms with van der Waals surface area (Å²) in [5, 5.41) is 7.86. The maximum atomic E-state index is 11.3. The van der Waals surface area contributed by atoms with Crippen LogP contribution in [0.25, 0.3) is 0 Å². The highest BCUT2D eigenvalue weighted by atomic mass is 32.1. The van der Waals surface area contributed by atoms with Crippen LogP contribution in [0.4, 0.5) is 0 Å². The van der Waals surface area contributed by atoms with E-state index in [1.807, 2.05) is 16.8 Å². The van der Waals surface area contributed by atoms with Gasteiger partial charge in [0, 0.05) is 12.0 Å². The molecule has 16 heavy (non-hydrogen) atoms. The Hall–Kier alpha value is -1.16. The van der Waals surface area contributed by atoms with Crippen molar-refractivity contribution < 1.29 is 4.79 Å². The Morgan fingerprint density at radius 3 is 3.06 bits per heavy atom. The number of hydrogen-bond acceptors (Lipinski definition) is 3. The lowest BCUT2D eigenvalue weighted by Gasteiger charge is -1.98. The molecule has 0 fully saturated rings. The number of carbonyl (C=O) groups excluding carboxylic acids is 1. The number of nitrogens with zero attached hydrogens (tertiary/aromatic N) is 1. The number of carbonyl (C=O) groups is 1. The molecule has 1 aromatic rings. The molecule has 88 valence electrons. The molecule has 0 saturated heterocycles. The van der Waals surface area contributed by atoms with Crippen molar-refractivity contribution in [3.63, 3.8) is 0 Å². The van der Waals surface area contributed by atoms with E-state index in [0.717, 1.165) is 18.4 Å². The summed E-state index contributed by atoms with van der Waals surface area (Å²) in [5.41, 5.74) is 3.56. The van der Waals surface area contributed by atoms with E-state index < -0.39 is 0 Å². The molecule has 1 N–H and O–H groups in total. The van der Waals surface area contributed by atoms with E-state index in [4.69, 9.17) is 0 Å². The number of unbranched alkanes of at least 4 members (excludes halogenated alkanes) is 3. The van der Waals surface area contributed by atoms with E-state index in [0.29, 0.717) is 6.42 Å². The largest absolute Gasteiger partial charge is 0.273 e. The van der Waals surface area contributed by atoms with E-state index in [1.54, 1.807) is 17.6 Å². The van der Waals surface area contributed by atoms with Crippen LogP contribution in [-0.2, 0) is 4.79 Å². The number of amides is 1. The predicted molar refractivity (Wildman–Crippen MR) is 68.8 cm³/mol. The SMILES string of the molecule is CCCCCCC(=O)N/N=C/c1ccsc1. The molecular weight excluding hydrogens is 220 g/mol. The molecular formula is C12H18N2OS. The van der Waals surface area contributed by atoms with Crippen LogP contribution in [0.3, 0.4) is 0 Å². The van der Waals surface area contributed by atoms with Crippen LogP contribution in [0.5, 0.6) is 0 Å². The van der Waals surface area contributed by atoms with Crippen LogP contribution >= 0.6 is 11.3 Å². The number of hydrazone groups is 1. The lowest BCUT2D eigenvalue weighted by Crippen LogP contribution is -2.16. The smallest absolute Gasteiger partial charge is 0.240 e. The van der Waals surface area contributed by atoms with Crippen molar-refractivity contribution in [3.8, 4) is 0 Å².